The van der Waals surface area contributed by atoms with Gasteiger partial charge in [0.15, 0.2) is 0 Å². The molecule has 0 saturated heterocycles. The van der Waals surface area contributed by atoms with Crippen LogP contribution in [0.3, 0.4) is 0 Å². The van der Waals surface area contributed by atoms with Gasteiger partial charge >= 0.3 is 0 Å². The number of rotatable bonds is 4. The van der Waals surface area contributed by atoms with Crippen molar-refractivity contribution in [2.75, 3.05) is 6.54 Å². The molecule has 2 N–H and O–H groups in total. The van der Waals surface area contributed by atoms with Crippen molar-refractivity contribution < 1.29 is 4.79 Å². The van der Waals surface area contributed by atoms with Crippen LogP contribution in [0.2, 0.25) is 0 Å². The fourth-order valence-corrected chi connectivity index (χ4v) is 2.32. The largest absolute Gasteiger partial charge is 0.352 e. The van der Waals surface area contributed by atoms with Gasteiger partial charge in [0, 0.05) is 36.4 Å². The van der Waals surface area contributed by atoms with E-state index in [1.54, 1.807) is 12.4 Å². The molecule has 2 heterocycles. The smallest absolute Gasteiger partial charge is 0.252 e. The minimum absolute atomic E-state index is 0.0803. The molecule has 0 spiro atoms. The molecule has 0 aliphatic rings. The molecular weight excluding hydrogens is 264 g/mol. The summed E-state index contributed by atoms with van der Waals surface area (Å²) in [5.41, 5.74) is 2.34. The van der Waals surface area contributed by atoms with Gasteiger partial charge in [-0.1, -0.05) is 18.2 Å². The van der Waals surface area contributed by atoms with Crippen LogP contribution in [0, 0.1) is 6.92 Å². The van der Waals surface area contributed by atoms with Crippen LogP contribution in [0.5, 0.6) is 0 Å². The number of H-pyrrole nitrogens is 1. The average molecular weight is 280 g/mol. The van der Waals surface area contributed by atoms with Crippen molar-refractivity contribution in [3.8, 4) is 0 Å². The number of nitrogens with zero attached hydrogens (tertiary/aromatic N) is 2. The van der Waals surface area contributed by atoms with Gasteiger partial charge in [0.05, 0.1) is 11.1 Å². The molecule has 5 heteroatoms. The fourth-order valence-electron chi connectivity index (χ4n) is 2.32. The van der Waals surface area contributed by atoms with Gasteiger partial charge in [-0.05, 0) is 19.1 Å². The predicted molar refractivity (Wildman–Crippen MR) is 81.1 cm³/mol. The van der Waals surface area contributed by atoms with Gasteiger partial charge < -0.3 is 10.3 Å². The first-order valence-corrected chi connectivity index (χ1v) is 6.87. The molecule has 0 radical (unpaired) electrons. The van der Waals surface area contributed by atoms with Crippen LogP contribution >= 0.6 is 0 Å². The Morgan fingerprint density at radius 2 is 2.19 bits per heavy atom. The van der Waals surface area contributed by atoms with Crippen LogP contribution in [0.15, 0.2) is 42.7 Å². The molecule has 0 saturated carbocycles. The van der Waals surface area contributed by atoms with Gasteiger partial charge in [0.2, 0.25) is 0 Å². The highest BCUT2D eigenvalue weighted by Gasteiger charge is 2.11. The van der Waals surface area contributed by atoms with Crippen molar-refractivity contribution in [2.24, 2.45) is 0 Å². The number of carbonyl (C=O) groups excluding carboxylic acids is 1. The number of pyridine rings is 1. The van der Waals surface area contributed by atoms with Crippen LogP contribution in [-0.2, 0) is 6.42 Å². The number of aromatic nitrogens is 3. The molecule has 106 valence electrons. The number of hydrogen-bond acceptors (Lipinski definition) is 3. The fraction of sp³-hybridized carbons (Fsp3) is 0.188. The lowest BCUT2D eigenvalue weighted by Crippen LogP contribution is -2.26. The molecule has 0 atom stereocenters. The van der Waals surface area contributed by atoms with E-state index in [2.05, 4.69) is 20.3 Å². The highest BCUT2D eigenvalue weighted by molar-refractivity contribution is 6.06. The summed E-state index contributed by atoms with van der Waals surface area (Å²) in [6, 6.07) is 9.50. The highest BCUT2D eigenvalue weighted by Crippen LogP contribution is 2.17. The number of imidazole rings is 1. The van der Waals surface area contributed by atoms with Crippen LogP contribution in [-0.4, -0.2) is 27.4 Å². The first-order chi connectivity index (χ1) is 10.2. The Kier molecular flexibility index (Phi) is 3.64. The Bertz CT molecular complexity index is 765. The number of carbonyl (C=O) groups is 1. The second-order valence-corrected chi connectivity index (χ2v) is 4.87. The summed E-state index contributed by atoms with van der Waals surface area (Å²) in [5, 5.41) is 3.80. The van der Waals surface area contributed by atoms with E-state index in [4.69, 9.17) is 0 Å². The van der Waals surface area contributed by atoms with Crippen molar-refractivity contribution in [3.63, 3.8) is 0 Å². The van der Waals surface area contributed by atoms with E-state index >= 15 is 0 Å². The maximum atomic E-state index is 12.4. The topological polar surface area (TPSA) is 70.7 Å². The van der Waals surface area contributed by atoms with Crippen LogP contribution in [0.4, 0.5) is 0 Å². The molecule has 1 amide bonds. The number of amides is 1. The van der Waals surface area contributed by atoms with Gasteiger partial charge in [-0.15, -0.1) is 0 Å². The summed E-state index contributed by atoms with van der Waals surface area (Å²) in [4.78, 5) is 24.0. The first-order valence-electron chi connectivity index (χ1n) is 6.87. The SMILES string of the molecule is Cc1cc(C(=O)NCCc2ncc[nH]2)c2ccccc2n1. The zero-order chi connectivity index (χ0) is 14.7. The molecule has 0 fully saturated rings. The van der Waals surface area contributed by atoms with E-state index in [0.29, 0.717) is 18.5 Å². The van der Waals surface area contributed by atoms with Crippen molar-refractivity contribution in [2.45, 2.75) is 13.3 Å². The highest BCUT2D eigenvalue weighted by atomic mass is 16.1. The van der Waals surface area contributed by atoms with Crippen LogP contribution < -0.4 is 5.32 Å². The summed E-state index contributed by atoms with van der Waals surface area (Å²) >= 11 is 0. The molecule has 0 bridgehead atoms. The Balaban J connectivity index is 1.78. The van der Waals surface area contributed by atoms with Gasteiger partial charge in [-0.2, -0.15) is 0 Å². The first kappa shape index (κ1) is 13.3. The van der Waals surface area contributed by atoms with Crippen LogP contribution in [0.25, 0.3) is 10.9 Å². The molecule has 2 aromatic heterocycles. The molecular formula is C16H16N4O. The molecule has 1 aromatic carbocycles. The molecule has 5 nitrogen and oxygen atoms in total. The lowest BCUT2D eigenvalue weighted by Gasteiger charge is -2.08. The van der Waals surface area contributed by atoms with Crippen LogP contribution in [0.1, 0.15) is 21.9 Å². The molecule has 0 aliphatic carbocycles. The average Bonchev–Trinajstić information content (AvgIpc) is 2.99. The van der Waals surface area contributed by atoms with E-state index in [-0.39, 0.29) is 5.91 Å². The van der Waals surface area contributed by atoms with Crippen molar-refractivity contribution >= 4 is 16.8 Å². The normalized spacial score (nSPS) is 10.7. The summed E-state index contributed by atoms with van der Waals surface area (Å²) in [7, 11) is 0. The van der Waals surface area contributed by atoms with E-state index in [1.807, 2.05) is 37.3 Å². The third-order valence-electron chi connectivity index (χ3n) is 3.29. The minimum atomic E-state index is -0.0803. The molecule has 21 heavy (non-hydrogen) atoms. The summed E-state index contributed by atoms with van der Waals surface area (Å²) in [6.45, 7) is 2.44. The lowest BCUT2D eigenvalue weighted by molar-refractivity contribution is 0.0955. The number of fused-ring (bicyclic) bond motifs is 1. The summed E-state index contributed by atoms with van der Waals surface area (Å²) < 4.78 is 0. The lowest BCUT2D eigenvalue weighted by atomic mass is 10.1. The number of aryl methyl sites for hydroxylation is 1. The van der Waals surface area contributed by atoms with Crippen molar-refractivity contribution in [1.82, 2.24) is 20.3 Å². The summed E-state index contributed by atoms with van der Waals surface area (Å²) in [6.07, 6.45) is 4.16. The second kappa shape index (κ2) is 5.75. The molecule has 3 aromatic rings. The Labute approximate surface area is 122 Å². The van der Waals surface area contributed by atoms with E-state index in [1.165, 1.54) is 0 Å². The predicted octanol–water partition coefficient (Wildman–Crippen LogP) is 2.24. The van der Waals surface area contributed by atoms with Crippen molar-refractivity contribution in [1.29, 1.82) is 0 Å². The maximum absolute atomic E-state index is 12.4. The van der Waals surface area contributed by atoms with E-state index in [9.17, 15) is 4.79 Å². The second-order valence-electron chi connectivity index (χ2n) is 4.87. The minimum Gasteiger partial charge on any atom is -0.352 e. The van der Waals surface area contributed by atoms with Crippen molar-refractivity contribution in [3.05, 3.63) is 59.8 Å². The standard InChI is InChI=1S/C16H16N4O/c1-11-10-13(12-4-2-3-5-14(12)20-11)16(21)19-7-6-15-17-8-9-18-15/h2-5,8-10H,6-7H2,1H3,(H,17,18)(H,19,21). The van der Waals surface area contributed by atoms with Gasteiger partial charge in [-0.3, -0.25) is 9.78 Å². The van der Waals surface area contributed by atoms with E-state index < -0.39 is 0 Å². The monoisotopic (exact) mass is 280 g/mol. The number of aromatic amines is 1. The van der Waals surface area contributed by atoms with E-state index in [0.717, 1.165) is 22.4 Å². The molecule has 0 unspecified atom stereocenters. The molecule has 0 aliphatic heterocycles. The maximum Gasteiger partial charge on any atom is 0.252 e. The Hall–Kier alpha value is -2.69. The summed E-state index contributed by atoms with van der Waals surface area (Å²) in [5.74, 6) is 0.786. The number of para-hydroxylation sites is 1. The number of benzene rings is 1. The zero-order valence-electron chi connectivity index (χ0n) is 11.8. The third kappa shape index (κ3) is 2.91. The van der Waals surface area contributed by atoms with Gasteiger partial charge in [0.1, 0.15) is 5.82 Å². The molecule has 3 rings (SSSR count). The van der Waals surface area contributed by atoms with Gasteiger partial charge in [0.25, 0.3) is 5.91 Å². The number of nitrogens with one attached hydrogen (secondary N) is 2. The Morgan fingerprint density at radius 3 is 3.00 bits per heavy atom. The quantitative estimate of drug-likeness (QED) is 0.770. The third-order valence-corrected chi connectivity index (χ3v) is 3.29. The Morgan fingerprint density at radius 1 is 1.33 bits per heavy atom. The number of hydrogen-bond donors (Lipinski definition) is 2. The van der Waals surface area contributed by atoms with Gasteiger partial charge in [-0.25, -0.2) is 4.98 Å². The zero-order valence-corrected chi connectivity index (χ0v) is 11.8.